The van der Waals surface area contributed by atoms with Crippen LogP contribution in [0.4, 0.5) is 11.6 Å². The van der Waals surface area contributed by atoms with Crippen molar-refractivity contribution in [3.63, 3.8) is 0 Å². The first-order chi connectivity index (χ1) is 12.4. The molecule has 2 N–H and O–H groups in total. The van der Waals surface area contributed by atoms with E-state index in [4.69, 9.17) is 15.7 Å². The van der Waals surface area contributed by atoms with Crippen molar-refractivity contribution in [1.29, 1.82) is 0 Å². The molecule has 1 saturated heterocycles. The first-order valence-corrected chi connectivity index (χ1v) is 8.70. The van der Waals surface area contributed by atoms with Crippen molar-refractivity contribution in [2.75, 3.05) is 11.4 Å². The van der Waals surface area contributed by atoms with Crippen LogP contribution in [0.3, 0.4) is 0 Å². The number of fused-ring (bicyclic) bond motifs is 1. The Kier molecular flexibility index (Phi) is 3.82. The third-order valence-electron chi connectivity index (χ3n) is 5.18. The van der Waals surface area contributed by atoms with Crippen molar-refractivity contribution in [2.24, 2.45) is 5.73 Å². The maximum atomic E-state index is 11.6. The van der Waals surface area contributed by atoms with Crippen LogP contribution in [0.2, 0.25) is 0 Å². The summed E-state index contributed by atoms with van der Waals surface area (Å²) in [5.41, 5.74) is 8.54. The molecule has 0 bridgehead atoms. The molecular weight excluding hydrogens is 334 g/mol. The molecule has 1 aromatic carbocycles. The summed E-state index contributed by atoms with van der Waals surface area (Å²) in [6.07, 6.45) is 3.78. The molecule has 1 atom stereocenters. The van der Waals surface area contributed by atoms with Crippen LogP contribution in [-0.4, -0.2) is 33.4 Å². The van der Waals surface area contributed by atoms with Gasteiger partial charge in [-0.25, -0.2) is 9.97 Å². The second kappa shape index (κ2) is 6.05. The van der Waals surface area contributed by atoms with Crippen LogP contribution in [0.25, 0.3) is 11.3 Å². The maximum absolute atomic E-state index is 11.6. The third-order valence-corrected chi connectivity index (χ3v) is 5.18. The topological polar surface area (TPSA) is 115 Å². The molecule has 8 nitrogen and oxygen atoms in total. The smallest absolute Gasteiger partial charge is 0.270 e. The van der Waals surface area contributed by atoms with Crippen molar-refractivity contribution in [1.82, 2.24) is 9.97 Å². The highest BCUT2D eigenvalue weighted by molar-refractivity contribution is 5.95. The number of amides is 1. The van der Waals surface area contributed by atoms with Crippen molar-refractivity contribution < 1.29 is 9.72 Å². The van der Waals surface area contributed by atoms with Crippen molar-refractivity contribution >= 4 is 17.5 Å². The Morgan fingerprint density at radius 1 is 1.31 bits per heavy atom. The zero-order chi connectivity index (χ0) is 18.4. The molecule has 2 aromatic rings. The molecule has 1 aromatic heterocycles. The Morgan fingerprint density at radius 2 is 2.12 bits per heavy atom. The number of hydrogen-bond donors (Lipinski definition) is 1. The molecule has 2 heterocycles. The summed E-state index contributed by atoms with van der Waals surface area (Å²) >= 11 is 0. The van der Waals surface area contributed by atoms with Crippen LogP contribution < -0.4 is 10.6 Å². The lowest BCUT2D eigenvalue weighted by Crippen LogP contribution is -2.46. The number of benzene rings is 1. The highest BCUT2D eigenvalue weighted by Gasteiger charge is 2.29. The van der Waals surface area contributed by atoms with E-state index in [1.165, 1.54) is 12.1 Å². The predicted octanol–water partition coefficient (Wildman–Crippen LogP) is 2.24. The van der Waals surface area contributed by atoms with Gasteiger partial charge < -0.3 is 10.6 Å². The van der Waals surface area contributed by atoms with E-state index in [0.717, 1.165) is 43.5 Å². The van der Waals surface area contributed by atoms with Crippen molar-refractivity contribution in [3.05, 3.63) is 45.1 Å². The Hall–Kier alpha value is -3.03. The van der Waals surface area contributed by atoms with Gasteiger partial charge >= 0.3 is 0 Å². The van der Waals surface area contributed by atoms with E-state index in [2.05, 4.69) is 11.8 Å². The number of primary amides is 1. The summed E-state index contributed by atoms with van der Waals surface area (Å²) in [6.45, 7) is 3.03. The second-order valence-corrected chi connectivity index (χ2v) is 6.87. The van der Waals surface area contributed by atoms with Crippen LogP contribution in [-0.2, 0) is 12.8 Å². The zero-order valence-electron chi connectivity index (χ0n) is 14.4. The van der Waals surface area contributed by atoms with Gasteiger partial charge in [0.15, 0.2) is 0 Å². The molecule has 0 spiro atoms. The third kappa shape index (κ3) is 2.67. The molecule has 4 rings (SSSR count). The number of aryl methyl sites for hydroxylation is 1. The average Bonchev–Trinajstić information content (AvgIpc) is 3.07. The predicted molar refractivity (Wildman–Crippen MR) is 96.1 cm³/mol. The van der Waals surface area contributed by atoms with Crippen molar-refractivity contribution in [3.8, 4) is 11.3 Å². The first-order valence-electron chi connectivity index (χ1n) is 8.70. The van der Waals surface area contributed by atoms with Crippen LogP contribution in [0, 0.1) is 10.1 Å². The van der Waals surface area contributed by atoms with Crippen molar-refractivity contribution in [2.45, 2.75) is 38.6 Å². The number of nitro groups is 1. The number of non-ortho nitro benzene ring substituents is 1. The quantitative estimate of drug-likeness (QED) is 0.666. The summed E-state index contributed by atoms with van der Waals surface area (Å²) in [6, 6.07) is 4.62. The summed E-state index contributed by atoms with van der Waals surface area (Å²) in [5, 5.41) is 11.3. The zero-order valence-corrected chi connectivity index (χ0v) is 14.4. The van der Waals surface area contributed by atoms with Gasteiger partial charge in [-0.2, -0.15) is 0 Å². The maximum Gasteiger partial charge on any atom is 0.270 e. The molecular formula is C18H19N5O3. The minimum Gasteiger partial charge on any atom is -0.366 e. The summed E-state index contributed by atoms with van der Waals surface area (Å²) in [5.74, 6) is -0.0382. The molecule has 0 saturated carbocycles. The number of nitrogens with zero attached hydrogens (tertiary/aromatic N) is 4. The van der Waals surface area contributed by atoms with Crippen LogP contribution in [0.5, 0.6) is 0 Å². The Bertz CT molecular complexity index is 895. The Morgan fingerprint density at radius 3 is 2.73 bits per heavy atom. The molecule has 1 unspecified atom stereocenters. The van der Waals surface area contributed by atoms with Gasteiger partial charge in [-0.1, -0.05) is 0 Å². The molecule has 1 aliphatic carbocycles. The van der Waals surface area contributed by atoms with E-state index in [9.17, 15) is 14.9 Å². The fourth-order valence-electron chi connectivity index (χ4n) is 3.60. The van der Waals surface area contributed by atoms with Gasteiger partial charge in [-0.15, -0.1) is 0 Å². The second-order valence-electron chi connectivity index (χ2n) is 6.87. The van der Waals surface area contributed by atoms with Crippen LogP contribution in [0.15, 0.2) is 18.2 Å². The monoisotopic (exact) mass is 353 g/mol. The van der Waals surface area contributed by atoms with Gasteiger partial charge in [0.1, 0.15) is 0 Å². The molecule has 8 heteroatoms. The number of anilines is 1. The van der Waals surface area contributed by atoms with E-state index in [1.54, 1.807) is 6.07 Å². The lowest BCUT2D eigenvalue weighted by Gasteiger charge is -2.39. The molecule has 26 heavy (non-hydrogen) atoms. The normalized spacial score (nSPS) is 18.3. The number of nitro benzene ring substituents is 1. The number of carbonyl (C=O) groups is 1. The van der Waals surface area contributed by atoms with Gasteiger partial charge in [-0.05, 0) is 38.7 Å². The van der Waals surface area contributed by atoms with Gasteiger partial charge in [0.2, 0.25) is 11.9 Å². The van der Waals surface area contributed by atoms with Gasteiger partial charge in [-0.3, -0.25) is 14.9 Å². The molecule has 0 radical (unpaired) electrons. The molecule has 1 amide bonds. The lowest BCUT2D eigenvalue weighted by molar-refractivity contribution is -0.384. The minimum absolute atomic E-state index is 0.110. The SMILES string of the molecule is CC1CCN1c1nc2c(c(-c3cc(C(N)=O)cc([N+](=O)[O-])c3)n1)CCC2. The lowest BCUT2D eigenvalue weighted by atomic mass is 10.0. The van der Waals surface area contributed by atoms with E-state index in [0.29, 0.717) is 23.2 Å². The van der Waals surface area contributed by atoms with E-state index in [1.807, 2.05) is 0 Å². The van der Waals surface area contributed by atoms with Crippen LogP contribution in [0.1, 0.15) is 41.4 Å². The fraction of sp³-hybridized carbons (Fsp3) is 0.389. The van der Waals surface area contributed by atoms with E-state index < -0.39 is 10.8 Å². The summed E-state index contributed by atoms with van der Waals surface area (Å²) in [7, 11) is 0. The molecule has 134 valence electrons. The number of rotatable bonds is 4. The Balaban J connectivity index is 1.89. The number of aromatic nitrogens is 2. The van der Waals surface area contributed by atoms with E-state index in [-0.39, 0.29) is 11.3 Å². The first kappa shape index (κ1) is 16.4. The van der Waals surface area contributed by atoms with Crippen LogP contribution >= 0.6 is 0 Å². The number of hydrogen-bond acceptors (Lipinski definition) is 6. The van der Waals surface area contributed by atoms with E-state index >= 15 is 0 Å². The largest absolute Gasteiger partial charge is 0.366 e. The summed E-state index contributed by atoms with van der Waals surface area (Å²) in [4.78, 5) is 34.0. The van der Waals surface area contributed by atoms with Gasteiger partial charge in [0.05, 0.1) is 10.6 Å². The van der Waals surface area contributed by atoms with Gasteiger partial charge in [0, 0.05) is 47.1 Å². The number of carbonyl (C=O) groups excluding carboxylic acids is 1. The molecule has 1 fully saturated rings. The average molecular weight is 353 g/mol. The fourth-order valence-corrected chi connectivity index (χ4v) is 3.60. The Labute approximate surface area is 150 Å². The number of nitrogens with two attached hydrogens (primary N) is 1. The summed E-state index contributed by atoms with van der Waals surface area (Å²) < 4.78 is 0. The highest BCUT2D eigenvalue weighted by atomic mass is 16.6. The standard InChI is InChI=1S/C18H19N5O3/c1-10-5-6-22(10)18-20-15-4-2-3-14(15)16(21-18)11-7-12(17(19)24)9-13(8-11)23(25)26/h7-10H,2-6H2,1H3,(H2,19,24). The highest BCUT2D eigenvalue weighted by Crippen LogP contribution is 2.35. The molecule has 1 aliphatic heterocycles. The van der Waals surface area contributed by atoms with Gasteiger partial charge in [0.25, 0.3) is 5.69 Å². The minimum atomic E-state index is -0.697. The molecule has 2 aliphatic rings.